The number of amides is 1. The summed E-state index contributed by atoms with van der Waals surface area (Å²) in [4.78, 5) is 17.0. The zero-order valence-electron chi connectivity index (χ0n) is 13.2. The van der Waals surface area contributed by atoms with E-state index in [0.29, 0.717) is 11.3 Å². The molecule has 0 aliphatic heterocycles. The third kappa shape index (κ3) is 3.10. The number of aryl methyl sites for hydroxylation is 3. The summed E-state index contributed by atoms with van der Waals surface area (Å²) in [7, 11) is 1.84. The van der Waals surface area contributed by atoms with Crippen molar-refractivity contribution in [3.05, 3.63) is 50.7 Å². The first-order chi connectivity index (χ1) is 9.81. The van der Waals surface area contributed by atoms with Crippen LogP contribution in [0.15, 0.2) is 24.3 Å². The van der Waals surface area contributed by atoms with Gasteiger partial charge in [0.25, 0.3) is 5.91 Å². The van der Waals surface area contributed by atoms with E-state index in [1.807, 2.05) is 27.0 Å². The minimum atomic E-state index is 0.0118. The molecule has 0 saturated heterocycles. The molecule has 0 saturated carbocycles. The van der Waals surface area contributed by atoms with Crippen molar-refractivity contribution in [1.82, 2.24) is 4.90 Å². The molecule has 2 N–H and O–H groups in total. The summed E-state index contributed by atoms with van der Waals surface area (Å²) >= 11 is 1.73. The van der Waals surface area contributed by atoms with Crippen molar-refractivity contribution in [2.75, 3.05) is 12.8 Å². The van der Waals surface area contributed by atoms with Crippen LogP contribution in [0.3, 0.4) is 0 Å². The fourth-order valence-electron chi connectivity index (χ4n) is 2.33. The van der Waals surface area contributed by atoms with Gasteiger partial charge in [0.2, 0.25) is 0 Å². The minimum absolute atomic E-state index is 0.0118. The van der Waals surface area contributed by atoms with E-state index in [2.05, 4.69) is 26.0 Å². The highest BCUT2D eigenvalue weighted by molar-refractivity contribution is 7.12. The topological polar surface area (TPSA) is 46.3 Å². The maximum Gasteiger partial charge on any atom is 0.254 e. The summed E-state index contributed by atoms with van der Waals surface area (Å²) in [5, 5.41) is 0. The molecule has 0 bridgehead atoms. The second kappa shape index (κ2) is 5.90. The van der Waals surface area contributed by atoms with Gasteiger partial charge < -0.3 is 10.6 Å². The fourth-order valence-corrected chi connectivity index (χ4v) is 3.31. The maximum atomic E-state index is 12.7. The molecule has 21 heavy (non-hydrogen) atoms. The Balaban J connectivity index is 2.29. The summed E-state index contributed by atoms with van der Waals surface area (Å²) in [6.45, 7) is 8.04. The van der Waals surface area contributed by atoms with Crippen LogP contribution in [0.5, 0.6) is 0 Å². The van der Waals surface area contributed by atoms with Gasteiger partial charge in [-0.2, -0.15) is 0 Å². The number of nitrogens with two attached hydrogens (primary N) is 1. The summed E-state index contributed by atoms with van der Waals surface area (Å²) in [6.07, 6.45) is 0. The van der Waals surface area contributed by atoms with Crippen molar-refractivity contribution in [3.8, 4) is 0 Å². The van der Waals surface area contributed by atoms with E-state index in [1.165, 1.54) is 9.75 Å². The Labute approximate surface area is 130 Å². The summed E-state index contributed by atoms with van der Waals surface area (Å²) in [6, 6.07) is 7.99. The molecule has 1 amide bonds. The molecule has 0 fully saturated rings. The first-order valence-corrected chi connectivity index (χ1v) is 7.83. The van der Waals surface area contributed by atoms with Gasteiger partial charge in [-0.3, -0.25) is 4.79 Å². The lowest BCUT2D eigenvalue weighted by molar-refractivity contribution is 0.0744. The van der Waals surface area contributed by atoms with Crippen molar-refractivity contribution in [2.45, 2.75) is 33.7 Å². The number of thiophene rings is 1. The van der Waals surface area contributed by atoms with E-state index in [4.69, 9.17) is 5.73 Å². The van der Waals surface area contributed by atoms with E-state index in [-0.39, 0.29) is 11.9 Å². The number of hydrogen-bond donors (Lipinski definition) is 1. The van der Waals surface area contributed by atoms with E-state index < -0.39 is 0 Å². The van der Waals surface area contributed by atoms with Gasteiger partial charge >= 0.3 is 0 Å². The van der Waals surface area contributed by atoms with Crippen LogP contribution >= 0.6 is 11.3 Å². The molecule has 1 aromatic carbocycles. The smallest absolute Gasteiger partial charge is 0.254 e. The Morgan fingerprint density at radius 3 is 2.43 bits per heavy atom. The van der Waals surface area contributed by atoms with Crippen LogP contribution < -0.4 is 5.73 Å². The molecule has 1 unspecified atom stereocenters. The standard InChI is InChI=1S/C17H22N2OS/c1-10-8-11(2)15(18)9-14(10)17(20)19(5)13(4)16-7-6-12(3)21-16/h6-9,13H,18H2,1-5H3. The molecule has 1 atom stereocenters. The number of nitrogens with zero attached hydrogens (tertiary/aromatic N) is 1. The van der Waals surface area contributed by atoms with Crippen LogP contribution in [0.25, 0.3) is 0 Å². The zero-order chi connectivity index (χ0) is 15.7. The quantitative estimate of drug-likeness (QED) is 0.868. The average Bonchev–Trinajstić information content (AvgIpc) is 2.87. The normalized spacial score (nSPS) is 12.2. The van der Waals surface area contributed by atoms with E-state index in [1.54, 1.807) is 22.3 Å². The molecule has 1 aromatic heterocycles. The number of anilines is 1. The van der Waals surface area contributed by atoms with Gasteiger partial charge in [0, 0.05) is 28.1 Å². The molecule has 2 aromatic rings. The zero-order valence-corrected chi connectivity index (χ0v) is 14.0. The second-order valence-electron chi connectivity index (χ2n) is 5.56. The molecule has 4 heteroatoms. The molecule has 2 rings (SSSR count). The molecule has 0 aliphatic carbocycles. The summed E-state index contributed by atoms with van der Waals surface area (Å²) < 4.78 is 0. The van der Waals surface area contributed by atoms with Crippen molar-refractivity contribution in [3.63, 3.8) is 0 Å². The Bertz CT molecular complexity index is 675. The number of benzene rings is 1. The van der Waals surface area contributed by atoms with Gasteiger partial charge in [-0.15, -0.1) is 11.3 Å². The summed E-state index contributed by atoms with van der Waals surface area (Å²) in [5.41, 5.74) is 9.27. The third-order valence-corrected chi connectivity index (χ3v) is 5.09. The van der Waals surface area contributed by atoms with Crippen LogP contribution in [-0.4, -0.2) is 17.9 Å². The van der Waals surface area contributed by atoms with Gasteiger partial charge in [0.15, 0.2) is 0 Å². The number of carbonyl (C=O) groups is 1. The lowest BCUT2D eigenvalue weighted by Crippen LogP contribution is -2.29. The first kappa shape index (κ1) is 15.6. The second-order valence-corrected chi connectivity index (χ2v) is 6.88. The Kier molecular flexibility index (Phi) is 4.37. The van der Waals surface area contributed by atoms with Gasteiger partial charge in [0.05, 0.1) is 6.04 Å². The van der Waals surface area contributed by atoms with E-state index in [0.717, 1.165) is 11.1 Å². The highest BCUT2D eigenvalue weighted by atomic mass is 32.1. The van der Waals surface area contributed by atoms with Crippen LogP contribution in [0, 0.1) is 20.8 Å². The predicted molar refractivity (Wildman–Crippen MR) is 89.9 cm³/mol. The van der Waals surface area contributed by atoms with E-state index >= 15 is 0 Å². The molecule has 1 heterocycles. The highest BCUT2D eigenvalue weighted by Gasteiger charge is 2.21. The Morgan fingerprint density at radius 2 is 1.86 bits per heavy atom. The number of nitrogen functional groups attached to an aromatic ring is 1. The van der Waals surface area contributed by atoms with Crippen molar-refractivity contribution in [2.24, 2.45) is 0 Å². The van der Waals surface area contributed by atoms with Gasteiger partial charge in [-0.1, -0.05) is 6.07 Å². The van der Waals surface area contributed by atoms with Crippen LogP contribution in [0.2, 0.25) is 0 Å². The summed E-state index contributed by atoms with van der Waals surface area (Å²) in [5.74, 6) is 0.0118. The molecule has 0 aliphatic rings. The monoisotopic (exact) mass is 302 g/mol. The predicted octanol–water partition coefficient (Wildman–Crippen LogP) is 4.09. The van der Waals surface area contributed by atoms with Crippen LogP contribution in [-0.2, 0) is 0 Å². The van der Waals surface area contributed by atoms with Crippen molar-refractivity contribution < 1.29 is 4.79 Å². The lowest BCUT2D eigenvalue weighted by Gasteiger charge is -2.25. The van der Waals surface area contributed by atoms with Gasteiger partial charge in [-0.25, -0.2) is 0 Å². The highest BCUT2D eigenvalue weighted by Crippen LogP contribution is 2.28. The first-order valence-electron chi connectivity index (χ1n) is 7.01. The van der Waals surface area contributed by atoms with Gasteiger partial charge in [0.1, 0.15) is 0 Å². The fraction of sp³-hybridized carbons (Fsp3) is 0.353. The number of rotatable bonds is 3. The number of hydrogen-bond acceptors (Lipinski definition) is 3. The third-order valence-electron chi connectivity index (χ3n) is 3.92. The molecule has 0 radical (unpaired) electrons. The van der Waals surface area contributed by atoms with Crippen molar-refractivity contribution >= 4 is 22.9 Å². The molecular weight excluding hydrogens is 280 g/mol. The SMILES string of the molecule is Cc1ccc(C(C)N(C)C(=O)c2cc(N)c(C)cc2C)s1. The molecule has 0 spiro atoms. The van der Waals surface area contributed by atoms with Gasteiger partial charge in [-0.05, 0) is 57.0 Å². The Hall–Kier alpha value is -1.81. The number of carbonyl (C=O) groups excluding carboxylic acids is 1. The maximum absolute atomic E-state index is 12.7. The molecule has 3 nitrogen and oxygen atoms in total. The minimum Gasteiger partial charge on any atom is -0.398 e. The lowest BCUT2D eigenvalue weighted by atomic mass is 10.0. The van der Waals surface area contributed by atoms with Crippen molar-refractivity contribution in [1.29, 1.82) is 0 Å². The average molecular weight is 302 g/mol. The Morgan fingerprint density at radius 1 is 1.19 bits per heavy atom. The van der Waals surface area contributed by atoms with E-state index in [9.17, 15) is 4.79 Å². The molecular formula is C17H22N2OS. The van der Waals surface area contributed by atoms with Crippen LogP contribution in [0.1, 0.15) is 44.2 Å². The largest absolute Gasteiger partial charge is 0.398 e. The molecule has 112 valence electrons. The van der Waals surface area contributed by atoms with Crippen LogP contribution in [0.4, 0.5) is 5.69 Å².